The highest BCUT2D eigenvalue weighted by Gasteiger charge is 2.14. The van der Waals surface area contributed by atoms with E-state index in [1.807, 2.05) is 90.6 Å². The van der Waals surface area contributed by atoms with Gasteiger partial charge in [0.15, 0.2) is 0 Å². The number of amides is 1. The third-order valence-electron chi connectivity index (χ3n) is 4.76. The van der Waals surface area contributed by atoms with Crippen molar-refractivity contribution in [1.82, 2.24) is 19.4 Å². The van der Waals surface area contributed by atoms with Crippen LogP contribution < -0.4 is 0 Å². The Morgan fingerprint density at radius 1 is 0.966 bits per heavy atom. The van der Waals surface area contributed by atoms with Crippen LogP contribution in [0.2, 0.25) is 0 Å². The fourth-order valence-corrected chi connectivity index (χ4v) is 3.24. The lowest BCUT2D eigenvalue weighted by Crippen LogP contribution is -2.22. The minimum atomic E-state index is -0.0402. The van der Waals surface area contributed by atoms with E-state index in [-0.39, 0.29) is 5.91 Å². The van der Waals surface area contributed by atoms with Crippen molar-refractivity contribution in [3.63, 3.8) is 0 Å². The summed E-state index contributed by atoms with van der Waals surface area (Å²) in [7, 11) is 5.48. The summed E-state index contributed by atoms with van der Waals surface area (Å²) in [5.41, 5.74) is 4.15. The molecule has 0 unspecified atom stereocenters. The molecule has 0 saturated heterocycles. The maximum atomic E-state index is 12.7. The minimum absolute atomic E-state index is 0.0402. The lowest BCUT2D eigenvalue weighted by Gasteiger charge is -2.13. The number of nitrogens with zero attached hydrogens (tertiary/aromatic N) is 4. The summed E-state index contributed by atoms with van der Waals surface area (Å²) >= 11 is 0. The van der Waals surface area contributed by atoms with Crippen LogP contribution >= 0.6 is 0 Å². The Kier molecular flexibility index (Phi) is 4.96. The number of imidazole rings is 1. The Bertz CT molecular complexity index is 1210. The lowest BCUT2D eigenvalue weighted by molar-refractivity contribution is 0.0829. The molecule has 5 nitrogen and oxygen atoms in total. The zero-order chi connectivity index (χ0) is 20.4. The molecule has 0 bridgehead atoms. The fraction of sp³-hybridized carbons (Fsp3) is 0.125. The number of rotatable bonds is 4. The number of fused-ring (bicyclic) bond motifs is 1. The van der Waals surface area contributed by atoms with Crippen molar-refractivity contribution >= 4 is 29.0 Å². The van der Waals surface area contributed by atoms with Gasteiger partial charge in [-0.05, 0) is 24.3 Å². The largest absolute Gasteiger partial charge is 0.345 e. The molecular formula is C24H22N4O. The highest BCUT2D eigenvalue weighted by molar-refractivity contribution is 6.06. The standard InChI is InChI=1S/C24H22N4O/c1-27(2)24(29)20-15-18(25-21-12-8-7-11-19(20)21)13-14-23-26-22(16-28(23)3)17-9-5-4-6-10-17/h4-16H,1-3H3/b14-13+. The predicted octanol–water partition coefficient (Wildman–Crippen LogP) is 4.51. The van der Waals surface area contributed by atoms with Gasteiger partial charge in [0.25, 0.3) is 5.91 Å². The number of hydrogen-bond acceptors (Lipinski definition) is 3. The molecule has 2 aromatic heterocycles. The van der Waals surface area contributed by atoms with Crippen LogP contribution in [-0.4, -0.2) is 39.4 Å². The molecule has 2 aromatic carbocycles. The van der Waals surface area contributed by atoms with Gasteiger partial charge in [0, 0.05) is 38.3 Å². The molecule has 0 aliphatic carbocycles. The number of hydrogen-bond donors (Lipinski definition) is 0. The van der Waals surface area contributed by atoms with E-state index in [1.54, 1.807) is 19.0 Å². The molecule has 4 aromatic rings. The van der Waals surface area contributed by atoms with E-state index in [0.29, 0.717) is 5.56 Å². The molecule has 0 radical (unpaired) electrons. The van der Waals surface area contributed by atoms with E-state index in [4.69, 9.17) is 9.97 Å². The van der Waals surface area contributed by atoms with Gasteiger partial charge in [-0.15, -0.1) is 0 Å². The van der Waals surface area contributed by atoms with Gasteiger partial charge in [0.1, 0.15) is 5.82 Å². The first-order chi connectivity index (χ1) is 14.0. The van der Waals surface area contributed by atoms with Crippen LogP contribution in [0.25, 0.3) is 34.3 Å². The number of carbonyl (C=O) groups excluding carboxylic acids is 1. The van der Waals surface area contributed by atoms with Crippen molar-refractivity contribution in [1.29, 1.82) is 0 Å². The Morgan fingerprint density at radius 2 is 1.69 bits per heavy atom. The third-order valence-corrected chi connectivity index (χ3v) is 4.76. The van der Waals surface area contributed by atoms with Crippen LogP contribution in [0, 0.1) is 0 Å². The summed E-state index contributed by atoms with van der Waals surface area (Å²) in [6.45, 7) is 0. The van der Waals surface area contributed by atoms with Crippen molar-refractivity contribution in [2.45, 2.75) is 0 Å². The summed E-state index contributed by atoms with van der Waals surface area (Å²) in [5, 5.41) is 0.853. The molecule has 1 amide bonds. The number of aryl methyl sites for hydroxylation is 1. The summed E-state index contributed by atoms with van der Waals surface area (Å²) in [6.07, 6.45) is 5.83. The van der Waals surface area contributed by atoms with Gasteiger partial charge in [0.05, 0.1) is 22.5 Å². The molecule has 5 heteroatoms. The maximum Gasteiger partial charge on any atom is 0.254 e. The van der Waals surface area contributed by atoms with E-state index in [1.165, 1.54) is 0 Å². The summed E-state index contributed by atoms with van der Waals surface area (Å²) < 4.78 is 1.98. The minimum Gasteiger partial charge on any atom is -0.345 e. The first-order valence-corrected chi connectivity index (χ1v) is 9.41. The normalized spacial score (nSPS) is 11.3. The Morgan fingerprint density at radius 3 is 2.45 bits per heavy atom. The van der Waals surface area contributed by atoms with Gasteiger partial charge >= 0.3 is 0 Å². The zero-order valence-electron chi connectivity index (χ0n) is 16.7. The molecule has 4 rings (SSSR count). The van der Waals surface area contributed by atoms with E-state index in [2.05, 4.69) is 0 Å². The second kappa shape index (κ2) is 7.72. The molecule has 0 aliphatic rings. The second-order valence-corrected chi connectivity index (χ2v) is 7.11. The van der Waals surface area contributed by atoms with Crippen molar-refractivity contribution in [2.24, 2.45) is 7.05 Å². The molecule has 0 saturated carbocycles. The highest BCUT2D eigenvalue weighted by Crippen LogP contribution is 2.22. The highest BCUT2D eigenvalue weighted by atomic mass is 16.2. The fourth-order valence-electron chi connectivity index (χ4n) is 3.24. The number of carbonyl (C=O) groups is 1. The SMILES string of the molecule is CN(C)C(=O)c1cc(/C=C/c2nc(-c3ccccc3)cn2C)nc2ccccc12. The molecule has 0 N–H and O–H groups in total. The Labute approximate surface area is 170 Å². The quantitative estimate of drug-likeness (QED) is 0.522. The van der Waals surface area contributed by atoms with Crippen LogP contribution in [0.4, 0.5) is 0 Å². The van der Waals surface area contributed by atoms with Crippen LogP contribution in [0.1, 0.15) is 21.9 Å². The molecule has 144 valence electrons. The van der Waals surface area contributed by atoms with Crippen LogP contribution in [-0.2, 0) is 7.05 Å². The van der Waals surface area contributed by atoms with Crippen molar-refractivity contribution in [2.75, 3.05) is 14.1 Å². The average Bonchev–Trinajstić information content (AvgIpc) is 3.12. The molecule has 2 heterocycles. The van der Waals surface area contributed by atoms with Crippen LogP contribution in [0.15, 0.2) is 66.9 Å². The zero-order valence-corrected chi connectivity index (χ0v) is 16.7. The first-order valence-electron chi connectivity index (χ1n) is 9.41. The Hall–Kier alpha value is -3.73. The van der Waals surface area contributed by atoms with Crippen LogP contribution in [0.5, 0.6) is 0 Å². The topological polar surface area (TPSA) is 51.0 Å². The van der Waals surface area contributed by atoms with Crippen LogP contribution in [0.3, 0.4) is 0 Å². The van der Waals surface area contributed by atoms with Crippen molar-refractivity contribution in [3.8, 4) is 11.3 Å². The van der Waals surface area contributed by atoms with E-state index in [0.717, 1.165) is 33.7 Å². The molecule has 0 aliphatic heterocycles. The molecule has 0 spiro atoms. The Balaban J connectivity index is 1.72. The summed E-state index contributed by atoms with van der Waals surface area (Å²) in [6, 6.07) is 19.6. The molecule has 29 heavy (non-hydrogen) atoms. The number of benzene rings is 2. The van der Waals surface area contributed by atoms with Gasteiger partial charge in [0.2, 0.25) is 0 Å². The number of para-hydroxylation sites is 1. The van der Waals surface area contributed by atoms with Crippen molar-refractivity contribution < 1.29 is 4.79 Å². The third kappa shape index (κ3) is 3.80. The van der Waals surface area contributed by atoms with Gasteiger partial charge in [-0.3, -0.25) is 4.79 Å². The van der Waals surface area contributed by atoms with E-state index < -0.39 is 0 Å². The van der Waals surface area contributed by atoms with Crippen molar-refractivity contribution in [3.05, 3.63) is 83.9 Å². The maximum absolute atomic E-state index is 12.7. The second-order valence-electron chi connectivity index (χ2n) is 7.11. The van der Waals surface area contributed by atoms with Gasteiger partial charge < -0.3 is 9.47 Å². The predicted molar refractivity (Wildman–Crippen MR) is 117 cm³/mol. The van der Waals surface area contributed by atoms with Gasteiger partial charge in [-0.2, -0.15) is 0 Å². The van der Waals surface area contributed by atoms with E-state index >= 15 is 0 Å². The lowest BCUT2D eigenvalue weighted by atomic mass is 10.1. The molecule has 0 atom stereocenters. The monoisotopic (exact) mass is 382 g/mol. The summed E-state index contributed by atoms with van der Waals surface area (Å²) in [5.74, 6) is 0.779. The molecule has 0 fully saturated rings. The number of aromatic nitrogens is 3. The summed E-state index contributed by atoms with van der Waals surface area (Å²) in [4.78, 5) is 23.6. The van der Waals surface area contributed by atoms with E-state index in [9.17, 15) is 4.79 Å². The first kappa shape index (κ1) is 18.6. The van der Waals surface area contributed by atoms with Gasteiger partial charge in [-0.1, -0.05) is 48.5 Å². The number of pyridine rings is 1. The smallest absolute Gasteiger partial charge is 0.254 e. The average molecular weight is 382 g/mol. The van der Waals surface area contributed by atoms with Gasteiger partial charge in [-0.25, -0.2) is 9.97 Å². The molecular weight excluding hydrogens is 360 g/mol.